The van der Waals surface area contributed by atoms with Crippen LogP contribution in [0.1, 0.15) is 22.8 Å². The summed E-state index contributed by atoms with van der Waals surface area (Å²) in [4.78, 5) is 24.7. The lowest BCUT2D eigenvalue weighted by atomic mass is 10.1. The van der Waals surface area contributed by atoms with Gasteiger partial charge in [-0.25, -0.2) is 4.79 Å². The van der Waals surface area contributed by atoms with E-state index in [1.165, 1.54) is 12.1 Å². The Morgan fingerprint density at radius 1 is 1.16 bits per heavy atom. The third-order valence-corrected chi connectivity index (χ3v) is 3.48. The average molecular weight is 344 g/mol. The molecule has 7 nitrogen and oxygen atoms in total. The van der Waals surface area contributed by atoms with Crippen LogP contribution in [0.2, 0.25) is 0 Å². The molecule has 0 radical (unpaired) electrons. The van der Waals surface area contributed by atoms with E-state index in [0.717, 1.165) is 5.56 Å². The van der Waals surface area contributed by atoms with Crippen molar-refractivity contribution in [3.8, 4) is 5.75 Å². The van der Waals surface area contributed by atoms with Crippen molar-refractivity contribution in [3.05, 3.63) is 63.7 Å². The third-order valence-electron chi connectivity index (χ3n) is 3.48. The van der Waals surface area contributed by atoms with Gasteiger partial charge in [-0.15, -0.1) is 0 Å². The predicted octanol–water partition coefficient (Wildman–Crippen LogP) is 3.42. The molecule has 25 heavy (non-hydrogen) atoms. The van der Waals surface area contributed by atoms with Gasteiger partial charge < -0.3 is 14.4 Å². The number of hydrogen-bond acceptors (Lipinski definition) is 6. The molecule has 0 saturated carbocycles. The molecule has 0 amide bonds. The second-order valence-corrected chi connectivity index (χ2v) is 5.46. The molecule has 2 rings (SSSR count). The number of nitrogens with zero attached hydrogens (tertiary/aromatic N) is 2. The quantitative estimate of drug-likeness (QED) is 0.435. The highest BCUT2D eigenvalue weighted by atomic mass is 16.6. The molecule has 7 heteroatoms. The lowest BCUT2D eigenvalue weighted by Crippen LogP contribution is -2.18. The highest BCUT2D eigenvalue weighted by Gasteiger charge is 2.27. The molecule has 0 aliphatic carbocycles. The number of nitro benzene ring substituents is 1. The molecule has 0 spiro atoms. The minimum absolute atomic E-state index is 0.0457. The van der Waals surface area contributed by atoms with Gasteiger partial charge in [0.1, 0.15) is 12.3 Å². The van der Waals surface area contributed by atoms with Crippen LogP contribution in [0, 0.1) is 10.1 Å². The molecule has 2 aromatic carbocycles. The van der Waals surface area contributed by atoms with E-state index in [9.17, 15) is 14.9 Å². The zero-order chi connectivity index (χ0) is 18.4. The summed E-state index contributed by atoms with van der Waals surface area (Å²) in [6.45, 7) is 2.06. The van der Waals surface area contributed by atoms with Crippen LogP contribution in [-0.2, 0) is 11.3 Å². The average Bonchev–Trinajstić information content (AvgIpc) is 2.59. The summed E-state index contributed by atoms with van der Waals surface area (Å²) >= 11 is 0. The summed E-state index contributed by atoms with van der Waals surface area (Å²) in [5.41, 5.74) is 1.21. The van der Waals surface area contributed by atoms with Crippen LogP contribution in [0.4, 0.5) is 11.4 Å². The van der Waals surface area contributed by atoms with Gasteiger partial charge in [-0.3, -0.25) is 10.1 Å². The number of anilines is 1. The molecule has 0 saturated heterocycles. The molecule has 0 aliphatic heterocycles. The third kappa shape index (κ3) is 4.26. The molecule has 0 unspecified atom stereocenters. The smallest absolute Gasteiger partial charge is 0.340 e. The van der Waals surface area contributed by atoms with Gasteiger partial charge in [0.25, 0.3) is 0 Å². The molecule has 132 valence electrons. The van der Waals surface area contributed by atoms with E-state index >= 15 is 0 Å². The van der Waals surface area contributed by atoms with E-state index in [1.54, 1.807) is 25.9 Å². The van der Waals surface area contributed by atoms with Crippen molar-refractivity contribution in [1.29, 1.82) is 0 Å². The number of rotatable bonds is 7. The fourth-order valence-electron chi connectivity index (χ4n) is 2.39. The summed E-state index contributed by atoms with van der Waals surface area (Å²) in [5.74, 6) is -0.505. The van der Waals surface area contributed by atoms with Gasteiger partial charge in [0.15, 0.2) is 0 Å². The lowest BCUT2D eigenvalue weighted by Gasteiger charge is -2.20. The highest BCUT2D eigenvalue weighted by molar-refractivity contribution is 5.98. The molecule has 0 aliphatic rings. The Balaban J connectivity index is 2.50. The zero-order valence-corrected chi connectivity index (χ0v) is 14.4. The van der Waals surface area contributed by atoms with Gasteiger partial charge in [0.05, 0.1) is 17.1 Å². The van der Waals surface area contributed by atoms with E-state index in [4.69, 9.17) is 9.47 Å². The number of benzene rings is 2. The highest BCUT2D eigenvalue weighted by Crippen LogP contribution is 2.40. The first-order chi connectivity index (χ1) is 12.0. The zero-order valence-electron chi connectivity index (χ0n) is 14.4. The van der Waals surface area contributed by atoms with Crippen molar-refractivity contribution in [2.75, 3.05) is 25.6 Å². The van der Waals surface area contributed by atoms with Crippen LogP contribution in [0.15, 0.2) is 42.5 Å². The van der Waals surface area contributed by atoms with Crippen LogP contribution in [0.3, 0.4) is 0 Å². The van der Waals surface area contributed by atoms with Gasteiger partial charge in [-0.2, -0.15) is 0 Å². The SMILES string of the molecule is CCOC(=O)c1ccc([N+](=O)[O-])c(OCc2ccccc2)c1N(C)C. The summed E-state index contributed by atoms with van der Waals surface area (Å²) in [5, 5.41) is 11.4. The molecule has 0 N–H and O–H groups in total. The molecular formula is C18H20N2O5. The molecular weight excluding hydrogens is 324 g/mol. The Bertz CT molecular complexity index is 760. The van der Waals surface area contributed by atoms with Crippen LogP contribution < -0.4 is 9.64 Å². The van der Waals surface area contributed by atoms with E-state index < -0.39 is 10.9 Å². The first kappa shape index (κ1) is 18.3. The van der Waals surface area contributed by atoms with Gasteiger partial charge in [-0.1, -0.05) is 30.3 Å². The molecule has 2 aromatic rings. The maximum atomic E-state index is 12.2. The van der Waals surface area contributed by atoms with Crippen LogP contribution >= 0.6 is 0 Å². The number of nitro groups is 1. The minimum Gasteiger partial charge on any atom is -0.480 e. The van der Waals surface area contributed by atoms with E-state index in [2.05, 4.69) is 0 Å². The molecule has 0 heterocycles. The predicted molar refractivity (Wildman–Crippen MR) is 94.2 cm³/mol. The van der Waals surface area contributed by atoms with Crippen molar-refractivity contribution < 1.29 is 19.2 Å². The Morgan fingerprint density at radius 3 is 2.40 bits per heavy atom. The lowest BCUT2D eigenvalue weighted by molar-refractivity contribution is -0.385. The summed E-state index contributed by atoms with van der Waals surface area (Å²) < 4.78 is 10.8. The van der Waals surface area contributed by atoms with Gasteiger partial charge in [0, 0.05) is 20.2 Å². The van der Waals surface area contributed by atoms with E-state index in [1.807, 2.05) is 30.3 Å². The minimum atomic E-state index is -0.550. The molecule has 0 fully saturated rings. The maximum absolute atomic E-state index is 12.2. The number of ether oxygens (including phenoxy) is 2. The number of carbonyl (C=O) groups excluding carboxylic acids is 1. The molecule has 0 atom stereocenters. The van der Waals surface area contributed by atoms with Crippen molar-refractivity contribution in [2.24, 2.45) is 0 Å². The van der Waals surface area contributed by atoms with Crippen molar-refractivity contribution in [3.63, 3.8) is 0 Å². The van der Waals surface area contributed by atoms with Gasteiger partial charge in [0.2, 0.25) is 5.75 Å². The molecule has 0 aromatic heterocycles. The first-order valence-corrected chi connectivity index (χ1v) is 7.78. The second kappa shape index (κ2) is 8.14. The standard InChI is InChI=1S/C18H20N2O5/c1-4-24-18(21)14-10-11-15(20(22)23)17(16(14)19(2)3)25-12-13-8-6-5-7-9-13/h5-11H,4,12H2,1-3H3. The van der Waals surface area contributed by atoms with Gasteiger partial charge in [-0.05, 0) is 18.6 Å². The number of esters is 1. The summed E-state index contributed by atoms with van der Waals surface area (Å²) in [6.07, 6.45) is 0. The summed E-state index contributed by atoms with van der Waals surface area (Å²) in [6, 6.07) is 12.0. The molecule has 0 bridgehead atoms. The largest absolute Gasteiger partial charge is 0.480 e. The van der Waals surface area contributed by atoms with Crippen molar-refractivity contribution in [1.82, 2.24) is 0 Å². The Morgan fingerprint density at radius 2 is 1.84 bits per heavy atom. The van der Waals surface area contributed by atoms with E-state index in [-0.39, 0.29) is 30.2 Å². The normalized spacial score (nSPS) is 10.2. The number of carbonyl (C=O) groups is 1. The fourth-order valence-corrected chi connectivity index (χ4v) is 2.39. The first-order valence-electron chi connectivity index (χ1n) is 7.78. The maximum Gasteiger partial charge on any atom is 0.340 e. The Hall–Kier alpha value is -3.09. The van der Waals surface area contributed by atoms with Crippen LogP contribution in [0.25, 0.3) is 0 Å². The topological polar surface area (TPSA) is 81.9 Å². The Kier molecular flexibility index (Phi) is 5.94. The number of hydrogen-bond donors (Lipinski definition) is 0. The monoisotopic (exact) mass is 344 g/mol. The summed E-state index contributed by atoms with van der Waals surface area (Å²) in [7, 11) is 3.38. The van der Waals surface area contributed by atoms with Crippen molar-refractivity contribution in [2.45, 2.75) is 13.5 Å². The Labute approximate surface area is 145 Å². The second-order valence-electron chi connectivity index (χ2n) is 5.46. The van der Waals surface area contributed by atoms with Gasteiger partial charge >= 0.3 is 11.7 Å². The van der Waals surface area contributed by atoms with Crippen LogP contribution in [-0.4, -0.2) is 31.6 Å². The van der Waals surface area contributed by atoms with Crippen LogP contribution in [0.5, 0.6) is 5.75 Å². The fraction of sp³-hybridized carbons (Fsp3) is 0.278. The van der Waals surface area contributed by atoms with E-state index in [0.29, 0.717) is 5.69 Å². The van der Waals surface area contributed by atoms with Crippen molar-refractivity contribution >= 4 is 17.3 Å².